The van der Waals surface area contributed by atoms with Gasteiger partial charge in [-0.25, -0.2) is 0 Å². The third-order valence-corrected chi connectivity index (χ3v) is 4.01. The Hall–Kier alpha value is -1.75. The second-order valence-electron chi connectivity index (χ2n) is 6.27. The second kappa shape index (κ2) is 7.01. The summed E-state index contributed by atoms with van der Waals surface area (Å²) in [4.78, 5) is 13.7. The summed E-state index contributed by atoms with van der Waals surface area (Å²) in [5.74, 6) is 1.96. The molecule has 0 aromatic heterocycles. The minimum absolute atomic E-state index is 0.0611. The zero-order valence-corrected chi connectivity index (χ0v) is 13.8. The number of benzene rings is 1. The first-order valence-corrected chi connectivity index (χ1v) is 7.76. The summed E-state index contributed by atoms with van der Waals surface area (Å²) >= 11 is 0. The van der Waals surface area contributed by atoms with Crippen molar-refractivity contribution in [1.29, 1.82) is 0 Å². The summed E-state index contributed by atoms with van der Waals surface area (Å²) in [7, 11) is 3.43. The van der Waals surface area contributed by atoms with Gasteiger partial charge >= 0.3 is 0 Å². The maximum atomic E-state index is 12.0. The van der Waals surface area contributed by atoms with Crippen molar-refractivity contribution in [3.8, 4) is 11.5 Å². The Morgan fingerprint density at radius 3 is 2.73 bits per heavy atom. The summed E-state index contributed by atoms with van der Waals surface area (Å²) in [5.41, 5.74) is 7.23. The first-order chi connectivity index (χ1) is 10.4. The third-order valence-electron chi connectivity index (χ3n) is 4.01. The van der Waals surface area contributed by atoms with E-state index in [1.54, 1.807) is 12.0 Å². The van der Waals surface area contributed by atoms with Gasteiger partial charge in [0.25, 0.3) is 0 Å². The molecule has 0 bridgehead atoms. The van der Waals surface area contributed by atoms with Crippen molar-refractivity contribution in [1.82, 2.24) is 4.90 Å². The number of ether oxygens (including phenoxy) is 2. The standard InChI is InChI=1S/C17H26N2O3/c1-11(2)10-22-15-9-12(5-7-14(15)21-4)17-13(18)6-8-16(20)19(17)3/h5,7,9,11,13,17H,6,8,10,18H2,1-4H3. The molecule has 1 aliphatic heterocycles. The van der Waals surface area contributed by atoms with Gasteiger partial charge in [-0.3, -0.25) is 4.79 Å². The SMILES string of the molecule is COc1ccc(C2C(N)CCC(=O)N2C)cc1OCC(C)C. The lowest BCUT2D eigenvalue weighted by molar-refractivity contribution is -0.135. The molecular weight excluding hydrogens is 280 g/mol. The maximum Gasteiger partial charge on any atom is 0.222 e. The quantitative estimate of drug-likeness (QED) is 0.907. The Bertz CT molecular complexity index is 531. The fourth-order valence-corrected chi connectivity index (χ4v) is 2.78. The highest BCUT2D eigenvalue weighted by Gasteiger charge is 2.32. The number of carbonyl (C=O) groups excluding carboxylic acids is 1. The molecule has 0 aliphatic carbocycles. The molecule has 0 spiro atoms. The maximum absolute atomic E-state index is 12.0. The minimum atomic E-state index is -0.117. The first kappa shape index (κ1) is 16.6. The summed E-state index contributed by atoms with van der Waals surface area (Å²) < 4.78 is 11.2. The molecule has 5 heteroatoms. The molecule has 1 fully saturated rings. The van der Waals surface area contributed by atoms with Crippen LogP contribution in [0.5, 0.6) is 11.5 Å². The fourth-order valence-electron chi connectivity index (χ4n) is 2.78. The highest BCUT2D eigenvalue weighted by atomic mass is 16.5. The molecule has 2 atom stereocenters. The number of nitrogens with two attached hydrogens (primary N) is 1. The van der Waals surface area contributed by atoms with E-state index in [4.69, 9.17) is 15.2 Å². The van der Waals surface area contributed by atoms with Gasteiger partial charge in [0.05, 0.1) is 19.8 Å². The van der Waals surface area contributed by atoms with Crippen LogP contribution in [0.4, 0.5) is 0 Å². The number of nitrogens with zero attached hydrogens (tertiary/aromatic N) is 1. The molecule has 1 heterocycles. The monoisotopic (exact) mass is 306 g/mol. The molecule has 1 aromatic carbocycles. The van der Waals surface area contributed by atoms with Crippen LogP contribution < -0.4 is 15.2 Å². The molecule has 2 unspecified atom stereocenters. The summed E-state index contributed by atoms with van der Waals surface area (Å²) in [6, 6.07) is 5.61. The zero-order valence-electron chi connectivity index (χ0n) is 13.8. The third kappa shape index (κ3) is 3.53. The zero-order chi connectivity index (χ0) is 16.3. The van der Waals surface area contributed by atoms with Crippen LogP contribution in [0, 0.1) is 5.92 Å². The van der Waals surface area contributed by atoms with Crippen molar-refractivity contribution >= 4 is 5.91 Å². The number of rotatable bonds is 5. The Morgan fingerprint density at radius 2 is 2.09 bits per heavy atom. The molecule has 2 rings (SSSR count). The number of piperidine rings is 1. The molecule has 0 saturated carbocycles. The van der Waals surface area contributed by atoms with Gasteiger partial charge < -0.3 is 20.1 Å². The Morgan fingerprint density at radius 1 is 1.36 bits per heavy atom. The van der Waals surface area contributed by atoms with E-state index in [0.29, 0.717) is 36.9 Å². The predicted octanol–water partition coefficient (Wildman–Crippen LogP) is 2.35. The average molecular weight is 306 g/mol. The number of carbonyl (C=O) groups is 1. The minimum Gasteiger partial charge on any atom is -0.493 e. The van der Waals surface area contributed by atoms with E-state index < -0.39 is 0 Å². The van der Waals surface area contributed by atoms with E-state index in [1.807, 2.05) is 25.2 Å². The summed E-state index contributed by atoms with van der Waals surface area (Å²) in [5, 5.41) is 0. The van der Waals surface area contributed by atoms with Crippen LogP contribution in [0.25, 0.3) is 0 Å². The van der Waals surface area contributed by atoms with Gasteiger partial charge in [-0.2, -0.15) is 0 Å². The number of likely N-dealkylation sites (N-methyl/N-ethyl adjacent to an activating group) is 1. The number of methoxy groups -OCH3 is 1. The first-order valence-electron chi connectivity index (χ1n) is 7.76. The topological polar surface area (TPSA) is 64.8 Å². The van der Waals surface area contributed by atoms with Crippen molar-refractivity contribution < 1.29 is 14.3 Å². The van der Waals surface area contributed by atoms with E-state index in [1.165, 1.54) is 0 Å². The summed E-state index contributed by atoms with van der Waals surface area (Å²) in [6.07, 6.45) is 1.23. The molecule has 0 radical (unpaired) electrons. The van der Waals surface area contributed by atoms with Crippen molar-refractivity contribution in [2.45, 2.75) is 38.8 Å². The van der Waals surface area contributed by atoms with E-state index in [9.17, 15) is 4.79 Å². The lowest BCUT2D eigenvalue weighted by Gasteiger charge is -2.37. The smallest absolute Gasteiger partial charge is 0.222 e. The van der Waals surface area contributed by atoms with E-state index in [2.05, 4.69) is 13.8 Å². The second-order valence-corrected chi connectivity index (χ2v) is 6.27. The van der Waals surface area contributed by atoms with Crippen LogP contribution in [0.2, 0.25) is 0 Å². The summed E-state index contributed by atoms with van der Waals surface area (Å²) in [6.45, 7) is 4.81. The van der Waals surface area contributed by atoms with Gasteiger partial charge in [0.15, 0.2) is 11.5 Å². The molecule has 2 N–H and O–H groups in total. The van der Waals surface area contributed by atoms with Gasteiger partial charge in [0.1, 0.15) is 0 Å². The molecule has 122 valence electrons. The van der Waals surface area contributed by atoms with Crippen LogP contribution in [0.1, 0.15) is 38.3 Å². The van der Waals surface area contributed by atoms with Crippen molar-refractivity contribution in [3.05, 3.63) is 23.8 Å². The van der Waals surface area contributed by atoms with Gasteiger partial charge in [-0.1, -0.05) is 19.9 Å². The Labute approximate surface area is 132 Å². The average Bonchev–Trinajstić information content (AvgIpc) is 2.49. The highest BCUT2D eigenvalue weighted by Crippen LogP contribution is 2.35. The highest BCUT2D eigenvalue weighted by molar-refractivity contribution is 5.77. The van der Waals surface area contributed by atoms with Crippen molar-refractivity contribution in [3.63, 3.8) is 0 Å². The molecule has 1 amide bonds. The van der Waals surface area contributed by atoms with E-state index in [0.717, 1.165) is 5.56 Å². The molecular formula is C17H26N2O3. The number of likely N-dealkylation sites (tertiary alicyclic amines) is 1. The molecule has 1 aromatic rings. The van der Waals surface area contributed by atoms with Gasteiger partial charge in [0, 0.05) is 19.5 Å². The van der Waals surface area contributed by atoms with Crippen molar-refractivity contribution in [2.75, 3.05) is 20.8 Å². The van der Waals surface area contributed by atoms with Gasteiger partial charge in [-0.15, -0.1) is 0 Å². The largest absolute Gasteiger partial charge is 0.493 e. The van der Waals surface area contributed by atoms with Gasteiger partial charge in [0.2, 0.25) is 5.91 Å². The van der Waals surface area contributed by atoms with Crippen LogP contribution in [0.3, 0.4) is 0 Å². The number of hydrogen-bond donors (Lipinski definition) is 1. The number of amides is 1. The fraction of sp³-hybridized carbons (Fsp3) is 0.588. The van der Waals surface area contributed by atoms with Crippen LogP contribution >= 0.6 is 0 Å². The lowest BCUT2D eigenvalue weighted by Crippen LogP contribution is -2.46. The van der Waals surface area contributed by atoms with Gasteiger partial charge in [-0.05, 0) is 30.0 Å². The molecule has 1 aliphatic rings. The van der Waals surface area contributed by atoms with E-state index >= 15 is 0 Å². The van der Waals surface area contributed by atoms with Crippen LogP contribution in [-0.4, -0.2) is 37.6 Å². The molecule has 5 nitrogen and oxygen atoms in total. The normalized spacial score (nSPS) is 22.1. The van der Waals surface area contributed by atoms with Crippen LogP contribution in [-0.2, 0) is 4.79 Å². The van der Waals surface area contributed by atoms with Crippen LogP contribution in [0.15, 0.2) is 18.2 Å². The lowest BCUT2D eigenvalue weighted by atomic mass is 9.91. The Balaban J connectivity index is 2.30. The Kier molecular flexibility index (Phi) is 5.29. The van der Waals surface area contributed by atoms with E-state index in [-0.39, 0.29) is 18.0 Å². The molecule has 22 heavy (non-hydrogen) atoms. The number of hydrogen-bond acceptors (Lipinski definition) is 4. The molecule has 1 saturated heterocycles. The predicted molar refractivity (Wildman–Crippen MR) is 86.0 cm³/mol. The van der Waals surface area contributed by atoms with Crippen molar-refractivity contribution in [2.24, 2.45) is 11.7 Å².